The van der Waals surface area contributed by atoms with E-state index in [1.54, 1.807) is 0 Å². The average molecular weight is 711 g/mol. The number of benzene rings is 10. The van der Waals surface area contributed by atoms with Crippen molar-refractivity contribution in [1.82, 2.24) is 0 Å². The van der Waals surface area contributed by atoms with E-state index in [1.165, 1.54) is 99.4 Å². The van der Waals surface area contributed by atoms with Gasteiger partial charge in [-0.3, -0.25) is 0 Å². The van der Waals surface area contributed by atoms with Gasteiger partial charge in [-0.25, -0.2) is 0 Å². The van der Waals surface area contributed by atoms with E-state index >= 15 is 0 Å². The van der Waals surface area contributed by atoms with Gasteiger partial charge in [0.2, 0.25) is 0 Å². The molecule has 0 aromatic heterocycles. The Morgan fingerprint density at radius 1 is 0.143 bits per heavy atom. The van der Waals surface area contributed by atoms with Gasteiger partial charge in [-0.2, -0.15) is 0 Å². The first-order chi connectivity index (χ1) is 27.8. The van der Waals surface area contributed by atoms with Crippen molar-refractivity contribution in [2.24, 2.45) is 0 Å². The van der Waals surface area contributed by atoms with Gasteiger partial charge in [-0.05, 0) is 105 Å². The Labute approximate surface area is 328 Å². The third kappa shape index (κ3) is 6.28. The lowest BCUT2D eigenvalue weighted by molar-refractivity contribution is 1.58. The van der Waals surface area contributed by atoms with Gasteiger partial charge in [0.25, 0.3) is 0 Å². The second kappa shape index (κ2) is 14.5. The minimum absolute atomic E-state index is 1.20. The Morgan fingerprint density at radius 2 is 0.375 bits per heavy atom. The van der Waals surface area contributed by atoms with Crippen molar-refractivity contribution < 1.29 is 0 Å². The molecule has 0 aliphatic heterocycles. The molecule has 0 aliphatic carbocycles. The van der Waals surface area contributed by atoms with E-state index in [4.69, 9.17) is 0 Å². The molecule has 0 nitrogen and oxygen atoms in total. The highest BCUT2D eigenvalue weighted by molar-refractivity contribution is 6.22. The van der Waals surface area contributed by atoms with Gasteiger partial charge in [0.05, 0.1) is 0 Å². The number of rotatable bonds is 7. The molecular formula is C56H38. The lowest BCUT2D eigenvalue weighted by Crippen LogP contribution is -1.92. The Kier molecular flexibility index (Phi) is 8.63. The summed E-state index contributed by atoms with van der Waals surface area (Å²) in [4.78, 5) is 0. The molecular weight excluding hydrogens is 673 g/mol. The van der Waals surface area contributed by atoms with Crippen LogP contribution >= 0.6 is 0 Å². The number of fused-ring (bicyclic) bond motifs is 2. The zero-order chi connectivity index (χ0) is 37.3. The molecule has 262 valence electrons. The van der Waals surface area contributed by atoms with Crippen LogP contribution in [-0.2, 0) is 0 Å². The normalized spacial score (nSPS) is 11.2. The molecule has 56 heavy (non-hydrogen) atoms. The number of hydrogen-bond acceptors (Lipinski definition) is 0. The van der Waals surface area contributed by atoms with Crippen LogP contribution in [0.2, 0.25) is 0 Å². The molecule has 0 fully saturated rings. The predicted octanol–water partition coefficient (Wildman–Crippen LogP) is 15.7. The predicted molar refractivity (Wildman–Crippen MR) is 240 cm³/mol. The largest absolute Gasteiger partial charge is 0.0622 e. The molecule has 0 unspecified atom stereocenters. The fourth-order valence-corrected chi connectivity index (χ4v) is 8.24. The van der Waals surface area contributed by atoms with Crippen LogP contribution in [0.4, 0.5) is 0 Å². The monoisotopic (exact) mass is 710 g/mol. The first-order valence-corrected chi connectivity index (χ1v) is 19.3. The van der Waals surface area contributed by atoms with Crippen LogP contribution in [0.3, 0.4) is 0 Å². The van der Waals surface area contributed by atoms with E-state index in [0.717, 1.165) is 0 Å². The highest BCUT2D eigenvalue weighted by atomic mass is 14.2. The van der Waals surface area contributed by atoms with Crippen LogP contribution in [-0.4, -0.2) is 0 Å². The van der Waals surface area contributed by atoms with Gasteiger partial charge in [-0.15, -0.1) is 0 Å². The zero-order valence-electron chi connectivity index (χ0n) is 30.9. The van der Waals surface area contributed by atoms with Crippen molar-refractivity contribution in [2.75, 3.05) is 0 Å². The maximum absolute atomic E-state index is 2.41. The summed E-state index contributed by atoms with van der Waals surface area (Å²) in [5.74, 6) is 0. The van der Waals surface area contributed by atoms with Crippen molar-refractivity contribution >= 4 is 21.5 Å². The molecule has 10 rings (SSSR count). The van der Waals surface area contributed by atoms with Crippen LogP contribution in [0.15, 0.2) is 231 Å². The van der Waals surface area contributed by atoms with Gasteiger partial charge in [0.15, 0.2) is 0 Å². The Bertz CT molecular complexity index is 2920. The van der Waals surface area contributed by atoms with Gasteiger partial charge < -0.3 is 0 Å². The minimum atomic E-state index is 1.20. The van der Waals surface area contributed by atoms with Crippen LogP contribution in [0, 0.1) is 0 Å². The van der Waals surface area contributed by atoms with E-state index < -0.39 is 0 Å². The minimum Gasteiger partial charge on any atom is -0.0622 e. The second-order valence-corrected chi connectivity index (χ2v) is 14.5. The molecule has 0 heterocycles. The molecule has 0 spiro atoms. The Morgan fingerprint density at radius 3 is 0.732 bits per heavy atom. The summed E-state index contributed by atoms with van der Waals surface area (Å²) in [6.07, 6.45) is 0. The zero-order valence-corrected chi connectivity index (χ0v) is 30.9. The summed E-state index contributed by atoms with van der Waals surface area (Å²) < 4.78 is 0. The molecule has 0 heteroatoms. The summed E-state index contributed by atoms with van der Waals surface area (Å²) in [6, 6.07) is 83.9. The van der Waals surface area contributed by atoms with Crippen LogP contribution in [0.1, 0.15) is 0 Å². The standard InChI is InChI=1S/C56H38/c1-4-12-39(13-5-1)42-20-22-45(23-21-42)46-30-34-49(35-31-46)56-52-19-11-10-18-51(52)55(48-32-28-44(29-33-48)41-16-8-3-9-17-41)53-37-36-50(38-54(53)56)47-26-24-43(25-27-47)40-14-6-2-7-15-40/h1-38H. The van der Waals surface area contributed by atoms with Crippen LogP contribution < -0.4 is 0 Å². The van der Waals surface area contributed by atoms with Gasteiger partial charge in [0.1, 0.15) is 0 Å². The van der Waals surface area contributed by atoms with E-state index in [9.17, 15) is 0 Å². The molecule has 0 amide bonds. The van der Waals surface area contributed by atoms with Crippen LogP contribution in [0.5, 0.6) is 0 Å². The van der Waals surface area contributed by atoms with E-state index in [1.807, 2.05) is 0 Å². The quantitative estimate of drug-likeness (QED) is 0.144. The van der Waals surface area contributed by atoms with Crippen LogP contribution in [0.25, 0.3) is 99.4 Å². The lowest BCUT2D eigenvalue weighted by Gasteiger charge is -2.19. The average Bonchev–Trinajstić information content (AvgIpc) is 3.29. The van der Waals surface area contributed by atoms with Gasteiger partial charge in [-0.1, -0.05) is 224 Å². The molecule has 0 saturated heterocycles. The fraction of sp³-hybridized carbons (Fsp3) is 0. The summed E-state index contributed by atoms with van der Waals surface area (Å²) >= 11 is 0. The molecule has 0 N–H and O–H groups in total. The van der Waals surface area contributed by atoms with E-state index in [-0.39, 0.29) is 0 Å². The molecule has 0 aliphatic rings. The van der Waals surface area contributed by atoms with Crippen molar-refractivity contribution in [3.8, 4) is 77.9 Å². The molecule has 10 aromatic carbocycles. The first-order valence-electron chi connectivity index (χ1n) is 19.3. The second-order valence-electron chi connectivity index (χ2n) is 14.5. The lowest BCUT2D eigenvalue weighted by atomic mass is 9.84. The van der Waals surface area contributed by atoms with Crippen molar-refractivity contribution in [3.05, 3.63) is 231 Å². The highest BCUT2D eigenvalue weighted by Gasteiger charge is 2.18. The Balaban J connectivity index is 1.12. The van der Waals surface area contributed by atoms with Gasteiger partial charge in [0, 0.05) is 0 Å². The Hall–Kier alpha value is -7.28. The smallest absolute Gasteiger partial charge is 0.00261 e. The maximum Gasteiger partial charge on any atom is -0.00261 e. The molecule has 0 atom stereocenters. The van der Waals surface area contributed by atoms with Crippen molar-refractivity contribution in [1.29, 1.82) is 0 Å². The summed E-state index contributed by atoms with van der Waals surface area (Å²) in [6.45, 7) is 0. The third-order valence-corrected chi connectivity index (χ3v) is 11.1. The number of hydrogen-bond donors (Lipinski definition) is 0. The van der Waals surface area contributed by atoms with Gasteiger partial charge >= 0.3 is 0 Å². The van der Waals surface area contributed by atoms with Crippen molar-refractivity contribution in [3.63, 3.8) is 0 Å². The van der Waals surface area contributed by atoms with E-state index in [2.05, 4.69) is 231 Å². The molecule has 0 saturated carbocycles. The molecule has 0 radical (unpaired) electrons. The topological polar surface area (TPSA) is 0 Å². The maximum atomic E-state index is 2.41. The fourth-order valence-electron chi connectivity index (χ4n) is 8.24. The third-order valence-electron chi connectivity index (χ3n) is 11.1. The highest BCUT2D eigenvalue weighted by Crippen LogP contribution is 2.45. The molecule has 0 bridgehead atoms. The first kappa shape index (κ1) is 33.3. The SMILES string of the molecule is c1ccc(-c2ccc(-c3ccc(-c4c5ccccc5c(-c5ccc(-c6ccccc6)cc5)c5ccc(-c6ccc(-c7ccccc7)cc6)cc45)cc3)cc2)cc1. The van der Waals surface area contributed by atoms with Crippen molar-refractivity contribution in [2.45, 2.75) is 0 Å². The molecule has 10 aromatic rings. The summed E-state index contributed by atoms with van der Waals surface area (Å²) in [7, 11) is 0. The van der Waals surface area contributed by atoms with E-state index in [0.29, 0.717) is 0 Å². The summed E-state index contributed by atoms with van der Waals surface area (Å²) in [5.41, 5.74) is 17.1. The summed E-state index contributed by atoms with van der Waals surface area (Å²) in [5, 5.41) is 4.99.